The zero-order valence-corrected chi connectivity index (χ0v) is 10.4. The average Bonchev–Trinajstić information content (AvgIpc) is 2.86. The lowest BCUT2D eigenvalue weighted by Gasteiger charge is -2.10. The fourth-order valence-electron chi connectivity index (χ4n) is 2.26. The van der Waals surface area contributed by atoms with Crippen molar-refractivity contribution in [3.8, 4) is 0 Å². The van der Waals surface area contributed by atoms with Gasteiger partial charge in [-0.2, -0.15) is 5.10 Å². The third-order valence-electron chi connectivity index (χ3n) is 3.18. The molecule has 0 bridgehead atoms. The van der Waals surface area contributed by atoms with Crippen LogP contribution in [0.5, 0.6) is 0 Å². The van der Waals surface area contributed by atoms with E-state index in [0.29, 0.717) is 17.6 Å². The molecule has 1 saturated carbocycles. The highest BCUT2D eigenvalue weighted by Gasteiger charge is 2.20. The van der Waals surface area contributed by atoms with Gasteiger partial charge >= 0.3 is 0 Å². The van der Waals surface area contributed by atoms with E-state index >= 15 is 0 Å². The van der Waals surface area contributed by atoms with E-state index in [1.54, 1.807) is 10.7 Å². The van der Waals surface area contributed by atoms with Crippen LogP contribution in [0.1, 0.15) is 56.1 Å². The van der Waals surface area contributed by atoms with Crippen LogP contribution in [0.25, 0.3) is 0 Å². The summed E-state index contributed by atoms with van der Waals surface area (Å²) in [5, 5.41) is 7.24. The number of aromatic nitrogens is 2. The molecule has 1 aromatic heterocycles. The Labute approximate surface area is 101 Å². The number of nitrogens with zero attached hydrogens (tertiary/aromatic N) is 2. The van der Waals surface area contributed by atoms with Crippen LogP contribution in [-0.4, -0.2) is 21.7 Å². The number of hydrogen-bond acceptors (Lipinski definition) is 3. The molecule has 1 aliphatic carbocycles. The second-order valence-corrected chi connectivity index (χ2v) is 4.95. The van der Waals surface area contributed by atoms with Crippen molar-refractivity contribution < 1.29 is 4.79 Å². The predicted molar refractivity (Wildman–Crippen MR) is 66.7 cm³/mol. The van der Waals surface area contributed by atoms with Gasteiger partial charge in [-0.05, 0) is 26.7 Å². The molecule has 0 unspecified atom stereocenters. The van der Waals surface area contributed by atoms with E-state index in [2.05, 4.69) is 10.4 Å². The zero-order chi connectivity index (χ0) is 12.4. The van der Waals surface area contributed by atoms with Crippen LogP contribution in [0.15, 0.2) is 6.07 Å². The van der Waals surface area contributed by atoms with Crippen LogP contribution >= 0.6 is 0 Å². The summed E-state index contributed by atoms with van der Waals surface area (Å²) in [6, 6.07) is 2.13. The highest BCUT2D eigenvalue weighted by molar-refractivity contribution is 5.93. The minimum atomic E-state index is -0.108. The van der Waals surface area contributed by atoms with Crippen molar-refractivity contribution in [2.75, 3.05) is 5.73 Å². The van der Waals surface area contributed by atoms with Crippen LogP contribution in [0.4, 0.5) is 5.82 Å². The topological polar surface area (TPSA) is 72.9 Å². The third-order valence-corrected chi connectivity index (χ3v) is 3.18. The van der Waals surface area contributed by atoms with Gasteiger partial charge in [0, 0.05) is 18.2 Å². The number of nitrogen functional groups attached to an aromatic ring is 1. The van der Waals surface area contributed by atoms with Gasteiger partial charge in [0.25, 0.3) is 5.91 Å². The molecular formula is C12H20N4O. The molecule has 1 amide bonds. The Kier molecular flexibility index (Phi) is 3.36. The lowest BCUT2D eigenvalue weighted by Crippen LogP contribution is -2.32. The van der Waals surface area contributed by atoms with Gasteiger partial charge < -0.3 is 11.1 Å². The molecule has 1 aliphatic rings. The van der Waals surface area contributed by atoms with E-state index in [1.807, 2.05) is 13.8 Å². The molecule has 1 fully saturated rings. The normalized spacial score (nSPS) is 16.6. The molecule has 5 heteroatoms. The molecule has 0 spiro atoms. The summed E-state index contributed by atoms with van der Waals surface area (Å²) in [5.74, 6) is 0.430. The van der Waals surface area contributed by atoms with Crippen LogP contribution in [-0.2, 0) is 0 Å². The van der Waals surface area contributed by atoms with Gasteiger partial charge in [0.2, 0.25) is 0 Å². The van der Waals surface area contributed by atoms with Crippen LogP contribution in [0.2, 0.25) is 0 Å². The zero-order valence-electron chi connectivity index (χ0n) is 10.4. The highest BCUT2D eigenvalue weighted by Crippen LogP contribution is 2.18. The minimum absolute atomic E-state index is 0.108. The molecule has 0 radical (unpaired) electrons. The maximum atomic E-state index is 11.9. The molecule has 1 heterocycles. The Balaban J connectivity index is 2.05. The molecule has 17 heavy (non-hydrogen) atoms. The second kappa shape index (κ2) is 4.77. The highest BCUT2D eigenvalue weighted by atomic mass is 16.2. The Morgan fingerprint density at radius 2 is 2.18 bits per heavy atom. The van der Waals surface area contributed by atoms with Gasteiger partial charge in [0.05, 0.1) is 0 Å². The quantitative estimate of drug-likeness (QED) is 0.839. The monoisotopic (exact) mass is 236 g/mol. The Hall–Kier alpha value is -1.52. The number of hydrogen-bond donors (Lipinski definition) is 2. The van der Waals surface area contributed by atoms with E-state index in [4.69, 9.17) is 5.73 Å². The van der Waals surface area contributed by atoms with Gasteiger partial charge in [0.1, 0.15) is 5.82 Å². The van der Waals surface area contributed by atoms with Gasteiger partial charge in [-0.3, -0.25) is 4.79 Å². The van der Waals surface area contributed by atoms with Crippen molar-refractivity contribution in [2.24, 2.45) is 0 Å². The predicted octanol–water partition coefficient (Wildman–Crippen LogP) is 1.72. The molecule has 3 N–H and O–H groups in total. The number of carbonyl (C=O) groups excluding carboxylic acids is 1. The van der Waals surface area contributed by atoms with Crippen molar-refractivity contribution in [1.29, 1.82) is 0 Å². The molecule has 0 aliphatic heterocycles. The number of nitrogens with two attached hydrogens (primary N) is 1. The van der Waals surface area contributed by atoms with Gasteiger partial charge in [-0.15, -0.1) is 0 Å². The van der Waals surface area contributed by atoms with Crippen molar-refractivity contribution in [3.05, 3.63) is 11.8 Å². The first-order chi connectivity index (χ1) is 8.08. The number of rotatable bonds is 3. The summed E-state index contributed by atoms with van der Waals surface area (Å²) in [7, 11) is 0. The molecule has 1 aromatic rings. The van der Waals surface area contributed by atoms with Crippen LogP contribution < -0.4 is 11.1 Å². The lowest BCUT2D eigenvalue weighted by molar-refractivity contribution is 0.0932. The molecular weight excluding hydrogens is 216 g/mol. The fourth-order valence-corrected chi connectivity index (χ4v) is 2.26. The third kappa shape index (κ3) is 2.60. The number of carbonyl (C=O) groups is 1. The van der Waals surface area contributed by atoms with Crippen molar-refractivity contribution in [3.63, 3.8) is 0 Å². The Morgan fingerprint density at radius 1 is 1.53 bits per heavy atom. The van der Waals surface area contributed by atoms with Gasteiger partial charge in [-0.25, -0.2) is 4.68 Å². The van der Waals surface area contributed by atoms with Gasteiger partial charge in [0.15, 0.2) is 5.69 Å². The van der Waals surface area contributed by atoms with E-state index in [-0.39, 0.29) is 11.9 Å². The van der Waals surface area contributed by atoms with E-state index < -0.39 is 0 Å². The molecule has 0 saturated heterocycles. The Morgan fingerprint density at radius 3 is 2.71 bits per heavy atom. The average molecular weight is 236 g/mol. The summed E-state index contributed by atoms with van der Waals surface area (Å²) in [5.41, 5.74) is 6.23. The number of anilines is 1. The summed E-state index contributed by atoms with van der Waals surface area (Å²) in [4.78, 5) is 11.9. The lowest BCUT2D eigenvalue weighted by atomic mass is 10.2. The maximum absolute atomic E-state index is 11.9. The van der Waals surface area contributed by atoms with Gasteiger partial charge in [-0.1, -0.05) is 12.8 Å². The van der Waals surface area contributed by atoms with E-state index in [9.17, 15) is 4.79 Å². The first-order valence-electron chi connectivity index (χ1n) is 6.24. The van der Waals surface area contributed by atoms with Crippen molar-refractivity contribution in [2.45, 2.75) is 51.6 Å². The first kappa shape index (κ1) is 12.0. The van der Waals surface area contributed by atoms with E-state index in [1.165, 1.54) is 12.8 Å². The minimum Gasteiger partial charge on any atom is -0.384 e. The first-order valence-corrected chi connectivity index (χ1v) is 6.24. The molecule has 0 atom stereocenters. The molecule has 0 aromatic carbocycles. The molecule has 5 nitrogen and oxygen atoms in total. The molecule has 2 rings (SSSR count). The van der Waals surface area contributed by atoms with E-state index in [0.717, 1.165) is 12.8 Å². The summed E-state index contributed by atoms with van der Waals surface area (Å²) in [6.07, 6.45) is 4.55. The second-order valence-electron chi connectivity index (χ2n) is 4.95. The number of nitrogens with one attached hydrogen (secondary N) is 1. The standard InChI is InChI=1S/C12H20N4O/c1-8(2)16-11(13)7-10(15-16)12(17)14-9-5-3-4-6-9/h7-9H,3-6,13H2,1-2H3,(H,14,17). The van der Waals surface area contributed by atoms with Crippen molar-refractivity contribution in [1.82, 2.24) is 15.1 Å². The number of amides is 1. The van der Waals surface area contributed by atoms with Crippen LogP contribution in [0.3, 0.4) is 0 Å². The molecule has 94 valence electrons. The summed E-state index contributed by atoms with van der Waals surface area (Å²) >= 11 is 0. The van der Waals surface area contributed by atoms with Crippen LogP contribution in [0, 0.1) is 0 Å². The summed E-state index contributed by atoms with van der Waals surface area (Å²) in [6.45, 7) is 3.98. The Bertz CT molecular complexity index is 405. The summed E-state index contributed by atoms with van der Waals surface area (Å²) < 4.78 is 1.67. The fraction of sp³-hybridized carbons (Fsp3) is 0.667. The smallest absolute Gasteiger partial charge is 0.272 e. The largest absolute Gasteiger partial charge is 0.384 e. The SMILES string of the molecule is CC(C)n1nc(C(=O)NC2CCCC2)cc1N. The van der Waals surface area contributed by atoms with Crippen molar-refractivity contribution >= 4 is 11.7 Å². The maximum Gasteiger partial charge on any atom is 0.272 e.